The largest absolute Gasteiger partial charge is 0.477 e. The normalized spacial score (nSPS) is 13.1. The van der Waals surface area contributed by atoms with Gasteiger partial charge in [-0.2, -0.15) is 5.10 Å². The Bertz CT molecular complexity index is 1060. The monoisotopic (exact) mass is 392 g/mol. The molecule has 1 aliphatic carbocycles. The molecule has 8 heteroatoms. The lowest BCUT2D eigenvalue weighted by Crippen LogP contribution is -2.22. The van der Waals surface area contributed by atoms with Crippen LogP contribution in [-0.4, -0.2) is 27.2 Å². The molecule has 0 aliphatic heterocycles. The highest BCUT2D eigenvalue weighted by molar-refractivity contribution is 5.91. The van der Waals surface area contributed by atoms with E-state index in [0.717, 1.165) is 29.8 Å². The van der Waals surface area contributed by atoms with Crippen LogP contribution in [0.1, 0.15) is 30.0 Å². The number of ether oxygens (including phenoxy) is 1. The molecule has 0 unspecified atom stereocenters. The van der Waals surface area contributed by atoms with Gasteiger partial charge in [-0.25, -0.2) is 4.68 Å². The summed E-state index contributed by atoms with van der Waals surface area (Å²) in [7, 11) is 0. The van der Waals surface area contributed by atoms with Gasteiger partial charge in [0.25, 0.3) is 5.91 Å². The van der Waals surface area contributed by atoms with Crippen LogP contribution in [-0.2, 0) is 4.79 Å². The number of nitro benzene ring substituents is 1. The van der Waals surface area contributed by atoms with Crippen LogP contribution in [0.15, 0.2) is 54.6 Å². The van der Waals surface area contributed by atoms with Gasteiger partial charge in [0.2, 0.25) is 0 Å². The zero-order valence-electron chi connectivity index (χ0n) is 15.9. The van der Waals surface area contributed by atoms with Crippen molar-refractivity contribution in [2.24, 2.45) is 0 Å². The number of benzene rings is 2. The first-order valence-electron chi connectivity index (χ1n) is 9.34. The van der Waals surface area contributed by atoms with E-state index in [9.17, 15) is 14.9 Å². The summed E-state index contributed by atoms with van der Waals surface area (Å²) in [6.07, 6.45) is 2.19. The van der Waals surface area contributed by atoms with Gasteiger partial charge in [-0.15, -0.1) is 0 Å². The molecule has 1 saturated carbocycles. The molecule has 1 aromatic heterocycles. The Labute approximate surface area is 167 Å². The Morgan fingerprint density at radius 2 is 2.00 bits per heavy atom. The number of aromatic nitrogens is 2. The highest BCUT2D eigenvalue weighted by Crippen LogP contribution is 2.40. The predicted octanol–water partition coefficient (Wildman–Crippen LogP) is 3.98. The van der Waals surface area contributed by atoms with Crippen molar-refractivity contribution < 1.29 is 14.5 Å². The van der Waals surface area contributed by atoms with Gasteiger partial charge in [-0.1, -0.05) is 24.3 Å². The second-order valence-electron chi connectivity index (χ2n) is 7.04. The van der Waals surface area contributed by atoms with E-state index in [1.165, 1.54) is 12.1 Å². The van der Waals surface area contributed by atoms with Gasteiger partial charge >= 0.3 is 5.69 Å². The molecule has 3 aromatic rings. The topological polar surface area (TPSA) is 99.3 Å². The number of para-hydroxylation sites is 1. The second kappa shape index (κ2) is 7.75. The van der Waals surface area contributed by atoms with E-state index in [0.29, 0.717) is 11.7 Å². The summed E-state index contributed by atoms with van der Waals surface area (Å²) in [5.74, 6) is 0.623. The number of hydrogen-bond acceptors (Lipinski definition) is 5. The van der Waals surface area contributed by atoms with Crippen LogP contribution in [0.25, 0.3) is 5.69 Å². The van der Waals surface area contributed by atoms with E-state index in [1.807, 2.05) is 36.4 Å². The summed E-state index contributed by atoms with van der Waals surface area (Å²) in [6, 6.07) is 16.0. The maximum absolute atomic E-state index is 12.5. The molecule has 0 atom stereocenters. The molecule has 1 fully saturated rings. The average molecular weight is 392 g/mol. The third kappa shape index (κ3) is 4.26. The fraction of sp³-hybridized carbons (Fsp3) is 0.238. The molecule has 1 amide bonds. The summed E-state index contributed by atoms with van der Waals surface area (Å²) in [5, 5.41) is 18.6. The fourth-order valence-electron chi connectivity index (χ4n) is 3.05. The van der Waals surface area contributed by atoms with Crippen LogP contribution < -0.4 is 10.1 Å². The molecule has 1 aliphatic rings. The maximum Gasteiger partial charge on any atom is 0.311 e. The smallest absolute Gasteiger partial charge is 0.311 e. The number of aryl methyl sites for hydroxylation is 1. The summed E-state index contributed by atoms with van der Waals surface area (Å²) in [4.78, 5) is 23.1. The molecule has 1 N–H and O–H groups in total. The van der Waals surface area contributed by atoms with E-state index in [4.69, 9.17) is 4.74 Å². The number of nitrogens with zero attached hydrogens (tertiary/aromatic N) is 3. The number of hydrogen-bond donors (Lipinski definition) is 1. The maximum atomic E-state index is 12.5. The summed E-state index contributed by atoms with van der Waals surface area (Å²) >= 11 is 0. The molecule has 4 rings (SSSR count). The lowest BCUT2D eigenvalue weighted by molar-refractivity contribution is -0.385. The van der Waals surface area contributed by atoms with Crippen molar-refractivity contribution in [2.75, 3.05) is 11.9 Å². The van der Waals surface area contributed by atoms with Gasteiger partial charge in [-0.05, 0) is 43.5 Å². The quantitative estimate of drug-likeness (QED) is 0.484. The molecule has 29 heavy (non-hydrogen) atoms. The Kier molecular flexibility index (Phi) is 4.99. The molecule has 0 saturated heterocycles. The number of anilines is 1. The van der Waals surface area contributed by atoms with Gasteiger partial charge in [-0.3, -0.25) is 14.9 Å². The van der Waals surface area contributed by atoms with Gasteiger partial charge < -0.3 is 10.1 Å². The van der Waals surface area contributed by atoms with Crippen molar-refractivity contribution in [1.82, 2.24) is 9.78 Å². The molecule has 0 bridgehead atoms. The number of nitro groups is 1. The molecule has 0 spiro atoms. The van der Waals surface area contributed by atoms with Gasteiger partial charge in [0, 0.05) is 18.1 Å². The number of nitrogens with one attached hydrogen (secondary N) is 1. The Morgan fingerprint density at radius 3 is 2.69 bits per heavy atom. The Balaban J connectivity index is 1.50. The third-order valence-electron chi connectivity index (χ3n) is 4.66. The first-order valence-corrected chi connectivity index (χ1v) is 9.34. The van der Waals surface area contributed by atoms with Crippen molar-refractivity contribution in [3.05, 3.63) is 76.0 Å². The minimum absolute atomic E-state index is 0.0611. The molecule has 2 aromatic carbocycles. The molecule has 8 nitrogen and oxygen atoms in total. The molecule has 1 heterocycles. The second-order valence-corrected chi connectivity index (χ2v) is 7.04. The summed E-state index contributed by atoms with van der Waals surface area (Å²) < 4.78 is 7.11. The van der Waals surface area contributed by atoms with E-state index < -0.39 is 10.8 Å². The third-order valence-corrected chi connectivity index (χ3v) is 4.66. The average Bonchev–Trinajstić information content (AvgIpc) is 3.48. The van der Waals surface area contributed by atoms with Crippen LogP contribution in [0.2, 0.25) is 0 Å². The Hall–Kier alpha value is -3.68. The van der Waals surface area contributed by atoms with Crippen molar-refractivity contribution in [3.63, 3.8) is 0 Å². The van der Waals surface area contributed by atoms with Crippen molar-refractivity contribution in [2.45, 2.75) is 25.7 Å². The SMILES string of the molecule is Cc1ccc(OCC(=O)Nc2cc(C3CC3)nn2-c2ccccc2)c([N+](=O)[O-])c1. The van der Waals surface area contributed by atoms with Crippen LogP contribution in [0.5, 0.6) is 5.75 Å². The highest BCUT2D eigenvalue weighted by atomic mass is 16.6. The van der Waals surface area contributed by atoms with Gasteiger partial charge in [0.1, 0.15) is 5.82 Å². The summed E-state index contributed by atoms with van der Waals surface area (Å²) in [6.45, 7) is 1.41. The van der Waals surface area contributed by atoms with Crippen LogP contribution >= 0.6 is 0 Å². The Morgan fingerprint density at radius 1 is 1.24 bits per heavy atom. The van der Waals surface area contributed by atoms with Crippen LogP contribution in [0.3, 0.4) is 0 Å². The first-order chi connectivity index (χ1) is 14.0. The van der Waals surface area contributed by atoms with Crippen LogP contribution in [0.4, 0.5) is 11.5 Å². The van der Waals surface area contributed by atoms with Gasteiger partial charge in [0.05, 0.1) is 16.3 Å². The van der Waals surface area contributed by atoms with Crippen molar-refractivity contribution in [1.29, 1.82) is 0 Å². The molecular weight excluding hydrogens is 372 g/mol. The van der Waals surface area contributed by atoms with E-state index in [2.05, 4.69) is 10.4 Å². The standard InChI is InChI=1S/C21H20N4O4/c1-14-7-10-19(18(11-14)25(27)28)29-13-21(26)22-20-12-17(15-8-9-15)23-24(20)16-5-3-2-4-6-16/h2-7,10-12,15H,8-9,13H2,1H3,(H,22,26). The zero-order chi connectivity index (χ0) is 20.4. The van der Waals surface area contributed by atoms with E-state index in [1.54, 1.807) is 17.7 Å². The molecule has 0 radical (unpaired) electrons. The predicted molar refractivity (Wildman–Crippen MR) is 107 cm³/mol. The molecule has 148 valence electrons. The summed E-state index contributed by atoms with van der Waals surface area (Å²) in [5.41, 5.74) is 2.36. The van der Waals surface area contributed by atoms with Gasteiger partial charge in [0.15, 0.2) is 12.4 Å². The number of amides is 1. The fourth-order valence-corrected chi connectivity index (χ4v) is 3.05. The highest BCUT2D eigenvalue weighted by Gasteiger charge is 2.28. The number of carbonyl (C=O) groups is 1. The lowest BCUT2D eigenvalue weighted by Gasteiger charge is -2.10. The van der Waals surface area contributed by atoms with E-state index in [-0.39, 0.29) is 18.0 Å². The minimum Gasteiger partial charge on any atom is -0.477 e. The number of rotatable bonds is 7. The van der Waals surface area contributed by atoms with Crippen molar-refractivity contribution in [3.8, 4) is 11.4 Å². The number of carbonyl (C=O) groups excluding carboxylic acids is 1. The first kappa shape index (κ1) is 18.7. The zero-order valence-corrected chi connectivity index (χ0v) is 15.9. The van der Waals surface area contributed by atoms with Crippen molar-refractivity contribution >= 4 is 17.4 Å². The van der Waals surface area contributed by atoms with Crippen LogP contribution in [0, 0.1) is 17.0 Å². The minimum atomic E-state index is -0.521. The molecular formula is C21H20N4O4. The lowest BCUT2D eigenvalue weighted by atomic mass is 10.2. The van der Waals surface area contributed by atoms with E-state index >= 15 is 0 Å².